The summed E-state index contributed by atoms with van der Waals surface area (Å²) in [5, 5.41) is 4.81. The minimum Gasteiger partial charge on any atom is -0.377 e. The maximum Gasteiger partial charge on any atom is 0.225 e. The molecule has 2 rings (SSSR count). The van der Waals surface area contributed by atoms with Crippen molar-refractivity contribution in [3.05, 3.63) is 22.4 Å². The Bertz CT molecular complexity index is 461. The van der Waals surface area contributed by atoms with Crippen LogP contribution in [-0.4, -0.2) is 42.5 Å². The van der Waals surface area contributed by atoms with E-state index in [1.165, 1.54) is 6.92 Å². The van der Waals surface area contributed by atoms with Crippen molar-refractivity contribution < 1.29 is 14.3 Å². The van der Waals surface area contributed by atoms with E-state index in [1.54, 1.807) is 11.3 Å². The van der Waals surface area contributed by atoms with Crippen LogP contribution in [0.1, 0.15) is 31.2 Å². The van der Waals surface area contributed by atoms with Gasteiger partial charge in [-0.1, -0.05) is 6.07 Å². The number of nitrogens with one attached hydrogen (secondary N) is 1. The third-order valence-electron chi connectivity index (χ3n) is 3.33. The molecule has 0 radical (unpaired) electrons. The number of morpholine rings is 1. The van der Waals surface area contributed by atoms with Crippen molar-refractivity contribution in [3.63, 3.8) is 0 Å². The first-order valence-electron chi connectivity index (χ1n) is 6.75. The van der Waals surface area contributed by atoms with Crippen molar-refractivity contribution in [1.82, 2.24) is 10.2 Å². The Balaban J connectivity index is 2.03. The van der Waals surface area contributed by atoms with Crippen LogP contribution < -0.4 is 5.32 Å². The molecule has 0 saturated carbocycles. The molecule has 6 heteroatoms. The molecule has 110 valence electrons. The molecule has 0 aliphatic carbocycles. The minimum absolute atomic E-state index is 0.0629. The van der Waals surface area contributed by atoms with Gasteiger partial charge in [0.2, 0.25) is 11.8 Å². The normalized spacial score (nSPS) is 20.5. The van der Waals surface area contributed by atoms with Crippen LogP contribution in [0.5, 0.6) is 0 Å². The van der Waals surface area contributed by atoms with E-state index < -0.39 is 0 Å². The molecular weight excluding hydrogens is 276 g/mol. The lowest BCUT2D eigenvalue weighted by atomic mass is 10.1. The highest BCUT2D eigenvalue weighted by Gasteiger charge is 2.27. The number of ether oxygens (including phenoxy) is 1. The molecule has 1 fully saturated rings. The highest BCUT2D eigenvalue weighted by atomic mass is 32.1. The topological polar surface area (TPSA) is 58.6 Å². The SMILES string of the molecule is CC(=O)N[C@@H](CC(=O)N1CCOC[C@@H]1C)c1cccs1. The third kappa shape index (κ3) is 3.80. The largest absolute Gasteiger partial charge is 0.377 e. The number of amides is 2. The average molecular weight is 296 g/mol. The summed E-state index contributed by atoms with van der Waals surface area (Å²) >= 11 is 1.55. The van der Waals surface area contributed by atoms with Gasteiger partial charge in [0.15, 0.2) is 0 Å². The number of carbonyl (C=O) groups is 2. The molecule has 1 aliphatic rings. The zero-order valence-electron chi connectivity index (χ0n) is 11.8. The summed E-state index contributed by atoms with van der Waals surface area (Å²) in [6.45, 7) is 5.24. The van der Waals surface area contributed by atoms with E-state index in [0.29, 0.717) is 26.2 Å². The first kappa shape index (κ1) is 15.0. The summed E-state index contributed by atoms with van der Waals surface area (Å²) in [4.78, 5) is 26.6. The first-order valence-corrected chi connectivity index (χ1v) is 7.63. The molecule has 1 aromatic heterocycles. The van der Waals surface area contributed by atoms with Crippen LogP contribution in [-0.2, 0) is 14.3 Å². The van der Waals surface area contributed by atoms with Crippen molar-refractivity contribution in [1.29, 1.82) is 0 Å². The lowest BCUT2D eigenvalue weighted by molar-refractivity contribution is -0.139. The van der Waals surface area contributed by atoms with Gasteiger partial charge in [-0.3, -0.25) is 9.59 Å². The van der Waals surface area contributed by atoms with Crippen LogP contribution in [0.4, 0.5) is 0 Å². The zero-order chi connectivity index (χ0) is 14.5. The first-order chi connectivity index (χ1) is 9.58. The average Bonchev–Trinajstić information content (AvgIpc) is 2.91. The molecule has 1 aromatic rings. The molecule has 0 unspecified atom stereocenters. The van der Waals surface area contributed by atoms with Crippen LogP contribution in [0.15, 0.2) is 17.5 Å². The highest BCUT2D eigenvalue weighted by molar-refractivity contribution is 7.10. The predicted molar refractivity (Wildman–Crippen MR) is 77.5 cm³/mol. The molecule has 5 nitrogen and oxygen atoms in total. The monoisotopic (exact) mass is 296 g/mol. The molecule has 0 bridgehead atoms. The van der Waals surface area contributed by atoms with Gasteiger partial charge in [0, 0.05) is 18.3 Å². The molecular formula is C14H20N2O3S. The van der Waals surface area contributed by atoms with Crippen LogP contribution in [0.25, 0.3) is 0 Å². The standard InChI is InChI=1S/C14H20N2O3S/c1-10-9-19-6-5-16(10)14(18)8-12(15-11(2)17)13-4-3-7-20-13/h3-4,7,10,12H,5-6,8-9H2,1-2H3,(H,15,17)/t10-,12-/m0/s1. The van der Waals surface area contributed by atoms with Gasteiger partial charge in [-0.2, -0.15) is 0 Å². The highest BCUT2D eigenvalue weighted by Crippen LogP contribution is 2.23. The molecule has 0 aromatic carbocycles. The Hall–Kier alpha value is -1.40. The smallest absolute Gasteiger partial charge is 0.225 e. The fourth-order valence-electron chi connectivity index (χ4n) is 2.35. The van der Waals surface area contributed by atoms with Crippen molar-refractivity contribution in [3.8, 4) is 0 Å². The van der Waals surface area contributed by atoms with Crippen molar-refractivity contribution >= 4 is 23.2 Å². The lowest BCUT2D eigenvalue weighted by Crippen LogP contribution is -2.48. The summed E-state index contributed by atoms with van der Waals surface area (Å²) in [5.41, 5.74) is 0. The molecule has 2 heterocycles. The second kappa shape index (κ2) is 6.85. The second-order valence-electron chi connectivity index (χ2n) is 4.98. The van der Waals surface area contributed by atoms with E-state index in [2.05, 4.69) is 5.32 Å². The van der Waals surface area contributed by atoms with E-state index in [4.69, 9.17) is 4.74 Å². The number of hydrogen-bond acceptors (Lipinski definition) is 4. The quantitative estimate of drug-likeness (QED) is 0.917. The van der Waals surface area contributed by atoms with Gasteiger partial charge in [-0.05, 0) is 18.4 Å². The fourth-order valence-corrected chi connectivity index (χ4v) is 3.13. The molecule has 0 spiro atoms. The van der Waals surface area contributed by atoms with Gasteiger partial charge in [-0.15, -0.1) is 11.3 Å². The third-order valence-corrected chi connectivity index (χ3v) is 4.32. The van der Waals surface area contributed by atoms with Crippen molar-refractivity contribution in [2.75, 3.05) is 19.8 Å². The number of rotatable bonds is 4. The summed E-state index contributed by atoms with van der Waals surface area (Å²) in [6, 6.07) is 3.73. The summed E-state index contributed by atoms with van der Waals surface area (Å²) in [7, 11) is 0. The van der Waals surface area contributed by atoms with E-state index in [0.717, 1.165) is 4.88 Å². The van der Waals surface area contributed by atoms with Gasteiger partial charge in [0.25, 0.3) is 0 Å². The zero-order valence-corrected chi connectivity index (χ0v) is 12.6. The molecule has 2 atom stereocenters. The number of carbonyl (C=O) groups excluding carboxylic acids is 2. The Morgan fingerprint density at radius 1 is 1.60 bits per heavy atom. The maximum absolute atomic E-state index is 12.4. The fraction of sp³-hybridized carbons (Fsp3) is 0.571. The van der Waals surface area contributed by atoms with Gasteiger partial charge in [0.05, 0.1) is 31.7 Å². The van der Waals surface area contributed by atoms with Gasteiger partial charge < -0.3 is 15.0 Å². The Morgan fingerprint density at radius 3 is 3.00 bits per heavy atom. The maximum atomic E-state index is 12.4. The van der Waals surface area contributed by atoms with E-state index in [-0.39, 0.29) is 23.9 Å². The van der Waals surface area contributed by atoms with Crippen molar-refractivity contribution in [2.45, 2.75) is 32.4 Å². The molecule has 2 amide bonds. The van der Waals surface area contributed by atoms with Gasteiger partial charge in [-0.25, -0.2) is 0 Å². The number of nitrogens with zero attached hydrogens (tertiary/aromatic N) is 1. The Labute approximate surface area is 122 Å². The van der Waals surface area contributed by atoms with Crippen LogP contribution in [0.2, 0.25) is 0 Å². The molecule has 1 saturated heterocycles. The Morgan fingerprint density at radius 2 is 2.40 bits per heavy atom. The van der Waals surface area contributed by atoms with Crippen LogP contribution >= 0.6 is 11.3 Å². The van der Waals surface area contributed by atoms with E-state index >= 15 is 0 Å². The molecule has 1 N–H and O–H groups in total. The van der Waals surface area contributed by atoms with Crippen LogP contribution in [0, 0.1) is 0 Å². The van der Waals surface area contributed by atoms with E-state index in [1.807, 2.05) is 29.3 Å². The van der Waals surface area contributed by atoms with Gasteiger partial charge >= 0.3 is 0 Å². The van der Waals surface area contributed by atoms with Gasteiger partial charge in [0.1, 0.15) is 0 Å². The summed E-state index contributed by atoms with van der Waals surface area (Å²) < 4.78 is 5.34. The second-order valence-corrected chi connectivity index (χ2v) is 5.96. The number of hydrogen-bond donors (Lipinski definition) is 1. The predicted octanol–water partition coefficient (Wildman–Crippen LogP) is 1.56. The van der Waals surface area contributed by atoms with Crippen molar-refractivity contribution in [2.24, 2.45) is 0 Å². The summed E-state index contributed by atoms with van der Waals surface area (Å²) in [5.74, 6) is -0.0563. The van der Waals surface area contributed by atoms with Crippen LogP contribution in [0.3, 0.4) is 0 Å². The minimum atomic E-state index is -0.241. The van der Waals surface area contributed by atoms with E-state index in [9.17, 15) is 9.59 Å². The Kier molecular flexibility index (Phi) is 5.14. The summed E-state index contributed by atoms with van der Waals surface area (Å²) in [6.07, 6.45) is 0.296. The molecule has 1 aliphatic heterocycles. The number of thiophene rings is 1. The molecule has 20 heavy (non-hydrogen) atoms. The lowest BCUT2D eigenvalue weighted by Gasteiger charge is -2.34.